The Labute approximate surface area is 56.2 Å². The van der Waals surface area contributed by atoms with E-state index in [0.717, 1.165) is 0 Å². The summed E-state index contributed by atoms with van der Waals surface area (Å²) in [5.41, 5.74) is 0. The van der Waals surface area contributed by atoms with Crippen LogP contribution in [0, 0.1) is 0 Å². The molecule has 0 aromatic carbocycles. The number of ether oxygens (including phenoxy) is 1. The van der Waals surface area contributed by atoms with Gasteiger partial charge in [0.25, 0.3) is 0 Å². The minimum atomic E-state index is -0.370. The van der Waals surface area contributed by atoms with E-state index in [0.29, 0.717) is 13.0 Å². The topological polar surface area (TPSA) is 32.7 Å². The summed E-state index contributed by atoms with van der Waals surface area (Å²) in [7, 11) is 5.29. The van der Waals surface area contributed by atoms with Crippen LogP contribution in [-0.4, -0.2) is 44.0 Å². The zero-order valence-corrected chi connectivity index (χ0v) is 6.29. The highest BCUT2D eigenvalue weighted by Crippen LogP contribution is 1.93. The molecule has 9 heavy (non-hydrogen) atoms. The molecule has 0 saturated carbocycles. The van der Waals surface area contributed by atoms with Crippen LogP contribution in [0.25, 0.3) is 0 Å². The fourth-order valence-electron chi connectivity index (χ4n) is 0.481. The van der Waals surface area contributed by atoms with E-state index >= 15 is 0 Å². The average molecular weight is 133 g/mol. The molecule has 0 fully saturated rings. The number of rotatable bonds is 4. The summed E-state index contributed by atoms with van der Waals surface area (Å²) in [5.74, 6) is 0. The third-order valence-corrected chi connectivity index (χ3v) is 1.18. The Hall–Kier alpha value is -0.120. The van der Waals surface area contributed by atoms with E-state index in [-0.39, 0.29) is 6.23 Å². The number of hydrogen-bond acceptors (Lipinski definition) is 3. The molecule has 0 aliphatic carbocycles. The molecular weight excluding hydrogens is 118 g/mol. The number of hydrogen-bond donors (Lipinski definition) is 1. The van der Waals surface area contributed by atoms with E-state index in [1.54, 1.807) is 12.0 Å². The van der Waals surface area contributed by atoms with Crippen LogP contribution in [0.15, 0.2) is 0 Å². The molecule has 0 spiro atoms. The highest BCUT2D eigenvalue weighted by molar-refractivity contribution is 4.48. The molecule has 0 rings (SSSR count). The normalized spacial score (nSPS) is 14.3. The summed E-state index contributed by atoms with van der Waals surface area (Å²) in [6, 6.07) is 0. The van der Waals surface area contributed by atoms with Crippen molar-refractivity contribution >= 4 is 0 Å². The Balaban J connectivity index is 3.16. The van der Waals surface area contributed by atoms with Crippen LogP contribution >= 0.6 is 0 Å². The van der Waals surface area contributed by atoms with Gasteiger partial charge in [-0.2, -0.15) is 0 Å². The van der Waals surface area contributed by atoms with E-state index in [1.807, 2.05) is 14.1 Å². The molecule has 1 N–H and O–H groups in total. The van der Waals surface area contributed by atoms with Gasteiger partial charge in [-0.1, -0.05) is 0 Å². The van der Waals surface area contributed by atoms with Crippen LogP contribution in [0.1, 0.15) is 6.42 Å². The first-order valence-electron chi connectivity index (χ1n) is 3.02. The summed E-state index contributed by atoms with van der Waals surface area (Å²) in [6.07, 6.45) is 0.300. The van der Waals surface area contributed by atoms with E-state index in [9.17, 15) is 0 Å². The lowest BCUT2D eigenvalue weighted by Gasteiger charge is -2.17. The monoisotopic (exact) mass is 133 g/mol. The van der Waals surface area contributed by atoms with Crippen molar-refractivity contribution in [2.75, 3.05) is 27.8 Å². The number of methoxy groups -OCH3 is 1. The van der Waals surface area contributed by atoms with E-state index in [1.165, 1.54) is 0 Å². The van der Waals surface area contributed by atoms with Crippen LogP contribution in [0.5, 0.6) is 0 Å². The predicted molar refractivity (Wildman–Crippen MR) is 36.2 cm³/mol. The van der Waals surface area contributed by atoms with Crippen molar-refractivity contribution in [3.05, 3.63) is 0 Å². The molecule has 3 nitrogen and oxygen atoms in total. The predicted octanol–water partition coefficient (Wildman–Crippen LogP) is -0.0971. The molecule has 1 atom stereocenters. The summed E-state index contributed by atoms with van der Waals surface area (Å²) < 4.78 is 4.78. The molecule has 1 unspecified atom stereocenters. The SMILES string of the molecule is COCCC(O)N(C)C. The third kappa shape index (κ3) is 4.39. The lowest BCUT2D eigenvalue weighted by atomic mass is 10.4. The van der Waals surface area contributed by atoms with Crippen LogP contribution in [-0.2, 0) is 4.74 Å². The molecule has 0 amide bonds. The van der Waals surface area contributed by atoms with Gasteiger partial charge in [-0.15, -0.1) is 0 Å². The van der Waals surface area contributed by atoms with Crippen LogP contribution in [0.4, 0.5) is 0 Å². The van der Waals surface area contributed by atoms with Gasteiger partial charge in [0.05, 0.1) is 0 Å². The number of nitrogens with zero attached hydrogens (tertiary/aromatic N) is 1. The van der Waals surface area contributed by atoms with E-state index < -0.39 is 0 Å². The quantitative estimate of drug-likeness (QED) is 0.544. The van der Waals surface area contributed by atoms with Gasteiger partial charge in [0, 0.05) is 20.1 Å². The Kier molecular flexibility index (Phi) is 4.67. The zero-order chi connectivity index (χ0) is 7.28. The van der Waals surface area contributed by atoms with Crippen LogP contribution in [0.3, 0.4) is 0 Å². The average Bonchev–Trinajstić information content (AvgIpc) is 1.82. The minimum Gasteiger partial charge on any atom is -0.385 e. The molecule has 0 saturated heterocycles. The van der Waals surface area contributed by atoms with Crippen LogP contribution < -0.4 is 0 Å². The summed E-state index contributed by atoms with van der Waals surface area (Å²) in [4.78, 5) is 1.75. The van der Waals surface area contributed by atoms with E-state index in [2.05, 4.69) is 0 Å². The first-order chi connectivity index (χ1) is 4.18. The van der Waals surface area contributed by atoms with Gasteiger partial charge in [-0.25, -0.2) is 0 Å². The Bertz CT molecular complexity index is 66.1. The second kappa shape index (κ2) is 4.73. The fraction of sp³-hybridized carbons (Fsp3) is 1.00. The van der Waals surface area contributed by atoms with Crippen LogP contribution in [0.2, 0.25) is 0 Å². The van der Waals surface area contributed by atoms with Gasteiger partial charge in [-0.3, -0.25) is 4.90 Å². The second-order valence-electron chi connectivity index (χ2n) is 2.23. The molecule has 0 aromatic rings. The Morgan fingerprint density at radius 2 is 2.11 bits per heavy atom. The maximum atomic E-state index is 9.10. The van der Waals surface area contributed by atoms with Crippen molar-refractivity contribution in [3.8, 4) is 0 Å². The van der Waals surface area contributed by atoms with Gasteiger partial charge in [-0.05, 0) is 14.1 Å². The molecule has 0 aromatic heterocycles. The molecular formula is C6H15NO2. The Morgan fingerprint density at radius 1 is 1.56 bits per heavy atom. The summed E-state index contributed by atoms with van der Waals surface area (Å²) in [6.45, 7) is 0.610. The zero-order valence-electron chi connectivity index (χ0n) is 6.29. The van der Waals surface area contributed by atoms with Crippen molar-refractivity contribution in [1.29, 1.82) is 0 Å². The molecule has 0 heterocycles. The largest absolute Gasteiger partial charge is 0.385 e. The first-order valence-corrected chi connectivity index (χ1v) is 3.02. The first kappa shape index (κ1) is 8.88. The summed E-state index contributed by atoms with van der Waals surface area (Å²) >= 11 is 0. The van der Waals surface area contributed by atoms with Gasteiger partial charge in [0.2, 0.25) is 0 Å². The molecule has 0 aliphatic rings. The molecule has 56 valence electrons. The standard InChI is InChI=1S/C6H15NO2/c1-7(2)6(8)4-5-9-3/h6,8H,4-5H2,1-3H3. The maximum Gasteiger partial charge on any atom is 0.109 e. The van der Waals surface area contributed by atoms with Crippen molar-refractivity contribution in [1.82, 2.24) is 4.90 Å². The highest BCUT2D eigenvalue weighted by atomic mass is 16.5. The second-order valence-corrected chi connectivity index (χ2v) is 2.23. The molecule has 3 heteroatoms. The lowest BCUT2D eigenvalue weighted by molar-refractivity contribution is 0.0131. The molecule has 0 bridgehead atoms. The third-order valence-electron chi connectivity index (χ3n) is 1.18. The van der Waals surface area contributed by atoms with Gasteiger partial charge in [0.1, 0.15) is 6.23 Å². The van der Waals surface area contributed by atoms with Crippen molar-refractivity contribution < 1.29 is 9.84 Å². The summed E-state index contributed by atoms with van der Waals surface area (Å²) in [5, 5.41) is 9.10. The van der Waals surface area contributed by atoms with Gasteiger partial charge >= 0.3 is 0 Å². The lowest BCUT2D eigenvalue weighted by Crippen LogP contribution is -2.28. The Morgan fingerprint density at radius 3 is 2.44 bits per heavy atom. The minimum absolute atomic E-state index is 0.370. The van der Waals surface area contributed by atoms with Gasteiger partial charge in [0.15, 0.2) is 0 Å². The number of aliphatic hydroxyl groups excluding tert-OH is 1. The van der Waals surface area contributed by atoms with Gasteiger partial charge < -0.3 is 9.84 Å². The van der Waals surface area contributed by atoms with E-state index in [4.69, 9.17) is 9.84 Å². The van der Waals surface area contributed by atoms with Crippen molar-refractivity contribution in [2.45, 2.75) is 12.6 Å². The molecule has 0 aliphatic heterocycles. The highest BCUT2D eigenvalue weighted by Gasteiger charge is 2.03. The number of aliphatic hydroxyl groups is 1. The van der Waals surface area contributed by atoms with Crippen molar-refractivity contribution in [2.24, 2.45) is 0 Å². The fourth-order valence-corrected chi connectivity index (χ4v) is 0.481. The van der Waals surface area contributed by atoms with Crippen molar-refractivity contribution in [3.63, 3.8) is 0 Å². The smallest absolute Gasteiger partial charge is 0.109 e. The molecule has 0 radical (unpaired) electrons. The maximum absolute atomic E-state index is 9.10.